The Morgan fingerprint density at radius 2 is 2.30 bits per heavy atom. The summed E-state index contributed by atoms with van der Waals surface area (Å²) in [5.41, 5.74) is 0.924. The summed E-state index contributed by atoms with van der Waals surface area (Å²) in [6.45, 7) is 2.58. The van der Waals surface area contributed by atoms with E-state index < -0.39 is 16.8 Å². The first-order chi connectivity index (χ1) is 9.58. The molecule has 0 saturated carbocycles. The summed E-state index contributed by atoms with van der Waals surface area (Å²) in [5.74, 6) is -0.414. The molecule has 0 aromatic heterocycles. The van der Waals surface area contributed by atoms with Crippen molar-refractivity contribution in [3.8, 4) is 0 Å². The van der Waals surface area contributed by atoms with Crippen molar-refractivity contribution in [2.75, 3.05) is 12.4 Å². The van der Waals surface area contributed by atoms with Crippen LogP contribution in [0.15, 0.2) is 23.1 Å². The third-order valence-corrected chi connectivity index (χ3v) is 5.02. The van der Waals surface area contributed by atoms with E-state index in [2.05, 4.69) is 0 Å². The van der Waals surface area contributed by atoms with Crippen molar-refractivity contribution < 1.29 is 18.8 Å². The van der Waals surface area contributed by atoms with Gasteiger partial charge in [0.05, 0.1) is 22.5 Å². The van der Waals surface area contributed by atoms with Gasteiger partial charge in [0.2, 0.25) is 0 Å². The largest absolute Gasteiger partial charge is 0.478 e. The summed E-state index contributed by atoms with van der Waals surface area (Å²) >= 11 is 0. The number of ether oxygens (including phenoxy) is 1. The number of aryl methyl sites for hydroxylation is 1. The lowest BCUT2D eigenvalue weighted by Gasteiger charge is -2.09. The zero-order valence-electron chi connectivity index (χ0n) is 11.6. The quantitative estimate of drug-likeness (QED) is 0.876. The topological polar surface area (TPSA) is 63.6 Å². The van der Waals surface area contributed by atoms with Crippen molar-refractivity contribution in [2.24, 2.45) is 0 Å². The van der Waals surface area contributed by atoms with Gasteiger partial charge in [0, 0.05) is 17.3 Å². The van der Waals surface area contributed by atoms with Gasteiger partial charge in [-0.15, -0.1) is 0 Å². The summed E-state index contributed by atoms with van der Waals surface area (Å²) in [6, 6.07) is 5.00. The molecule has 1 aliphatic rings. The van der Waals surface area contributed by atoms with Gasteiger partial charge in [-0.25, -0.2) is 4.79 Å². The highest BCUT2D eigenvalue weighted by molar-refractivity contribution is 7.85. The Kier molecular flexibility index (Phi) is 5.31. The molecule has 4 nitrogen and oxygen atoms in total. The number of carboxylic acid groups (broad SMARTS) is 1. The summed E-state index contributed by atoms with van der Waals surface area (Å²) in [6.07, 6.45) is 4.31. The smallest absolute Gasteiger partial charge is 0.335 e. The summed E-state index contributed by atoms with van der Waals surface area (Å²) < 4.78 is 17.7. The molecule has 0 amide bonds. The van der Waals surface area contributed by atoms with Crippen LogP contribution in [0.3, 0.4) is 0 Å². The van der Waals surface area contributed by atoms with E-state index >= 15 is 0 Å². The Hall–Kier alpha value is -1.20. The van der Waals surface area contributed by atoms with Crippen molar-refractivity contribution in [3.05, 3.63) is 29.3 Å². The van der Waals surface area contributed by atoms with E-state index in [0.29, 0.717) is 22.3 Å². The van der Waals surface area contributed by atoms with Crippen LogP contribution < -0.4 is 0 Å². The first-order valence-electron chi connectivity index (χ1n) is 6.92. The van der Waals surface area contributed by atoms with Crippen LogP contribution in [0, 0.1) is 6.92 Å². The second-order valence-corrected chi connectivity index (χ2v) is 6.68. The predicted octanol–water partition coefficient (Wildman–Crippen LogP) is 2.76. The van der Waals surface area contributed by atoms with Crippen molar-refractivity contribution >= 4 is 16.8 Å². The first-order valence-corrected chi connectivity index (χ1v) is 8.24. The van der Waals surface area contributed by atoms with Gasteiger partial charge in [-0.1, -0.05) is 6.07 Å². The number of benzene rings is 1. The number of carbonyl (C=O) groups is 1. The van der Waals surface area contributed by atoms with Gasteiger partial charge in [0.25, 0.3) is 0 Å². The van der Waals surface area contributed by atoms with Crippen LogP contribution in [0.5, 0.6) is 0 Å². The molecule has 2 rings (SSSR count). The maximum Gasteiger partial charge on any atom is 0.335 e. The third kappa shape index (κ3) is 3.90. The molecule has 1 aromatic carbocycles. The maximum atomic E-state index is 12.2. The molecule has 0 bridgehead atoms. The Morgan fingerprint density at radius 1 is 1.50 bits per heavy atom. The molecule has 0 radical (unpaired) electrons. The molecular weight excluding hydrogens is 276 g/mol. The van der Waals surface area contributed by atoms with Crippen molar-refractivity contribution in [1.82, 2.24) is 0 Å². The fourth-order valence-corrected chi connectivity index (χ4v) is 3.54. The molecule has 2 atom stereocenters. The Balaban J connectivity index is 1.91. The lowest BCUT2D eigenvalue weighted by molar-refractivity contribution is 0.0696. The molecule has 5 heteroatoms. The lowest BCUT2D eigenvalue weighted by Crippen LogP contribution is -2.08. The number of hydrogen-bond donors (Lipinski definition) is 1. The van der Waals surface area contributed by atoms with E-state index in [1.54, 1.807) is 19.1 Å². The number of aromatic carboxylic acids is 1. The van der Waals surface area contributed by atoms with E-state index in [9.17, 15) is 9.00 Å². The van der Waals surface area contributed by atoms with Gasteiger partial charge < -0.3 is 9.84 Å². The minimum atomic E-state index is -1.14. The highest BCUT2D eigenvalue weighted by Crippen LogP contribution is 2.19. The Morgan fingerprint density at radius 3 is 2.95 bits per heavy atom. The second kappa shape index (κ2) is 6.99. The third-order valence-electron chi connectivity index (χ3n) is 3.58. The molecule has 110 valence electrons. The molecule has 1 fully saturated rings. The molecule has 1 aliphatic heterocycles. The van der Waals surface area contributed by atoms with Crippen LogP contribution in [0.2, 0.25) is 0 Å². The molecule has 2 unspecified atom stereocenters. The van der Waals surface area contributed by atoms with E-state index in [1.165, 1.54) is 6.07 Å². The summed E-state index contributed by atoms with van der Waals surface area (Å²) in [5, 5.41) is 9.08. The Labute approximate surface area is 121 Å². The molecule has 1 saturated heterocycles. The minimum Gasteiger partial charge on any atom is -0.478 e. The van der Waals surface area contributed by atoms with Crippen molar-refractivity contribution in [3.63, 3.8) is 0 Å². The average Bonchev–Trinajstić information content (AvgIpc) is 2.92. The molecular formula is C15H20O4S. The minimum absolute atomic E-state index is 0.231. The monoisotopic (exact) mass is 296 g/mol. The van der Waals surface area contributed by atoms with Gasteiger partial charge in [-0.2, -0.15) is 0 Å². The fourth-order valence-electron chi connectivity index (χ4n) is 2.41. The standard InChI is InChI=1S/C15H20O4S/c1-11-6-7-13(10-14(11)15(16)17)20(18)9-3-5-12-4-2-8-19-12/h6-7,10,12H,2-5,8-9H2,1H3,(H,16,17). The van der Waals surface area contributed by atoms with Gasteiger partial charge in [-0.05, 0) is 50.3 Å². The molecule has 1 heterocycles. The summed E-state index contributed by atoms with van der Waals surface area (Å²) in [4.78, 5) is 11.7. The normalized spacial score (nSPS) is 19.9. The van der Waals surface area contributed by atoms with Gasteiger partial charge in [0.1, 0.15) is 0 Å². The van der Waals surface area contributed by atoms with Crippen LogP contribution in [0.25, 0.3) is 0 Å². The fraction of sp³-hybridized carbons (Fsp3) is 0.533. The van der Waals surface area contributed by atoms with E-state index in [-0.39, 0.29) is 5.56 Å². The zero-order chi connectivity index (χ0) is 14.5. The van der Waals surface area contributed by atoms with Crippen LogP contribution in [-0.2, 0) is 15.5 Å². The van der Waals surface area contributed by atoms with E-state index in [0.717, 1.165) is 32.3 Å². The van der Waals surface area contributed by atoms with Crippen molar-refractivity contribution in [2.45, 2.75) is 43.6 Å². The molecule has 20 heavy (non-hydrogen) atoms. The predicted molar refractivity (Wildman–Crippen MR) is 77.6 cm³/mol. The number of rotatable bonds is 6. The summed E-state index contributed by atoms with van der Waals surface area (Å²) in [7, 11) is -1.14. The van der Waals surface area contributed by atoms with Crippen LogP contribution >= 0.6 is 0 Å². The van der Waals surface area contributed by atoms with Gasteiger partial charge in [-0.3, -0.25) is 4.21 Å². The number of hydrogen-bond acceptors (Lipinski definition) is 3. The van der Waals surface area contributed by atoms with Gasteiger partial charge in [0.15, 0.2) is 0 Å². The average molecular weight is 296 g/mol. The first kappa shape index (κ1) is 15.2. The highest BCUT2D eigenvalue weighted by Gasteiger charge is 2.16. The van der Waals surface area contributed by atoms with Gasteiger partial charge >= 0.3 is 5.97 Å². The van der Waals surface area contributed by atoms with Crippen LogP contribution in [0.4, 0.5) is 0 Å². The molecule has 1 aromatic rings. The van der Waals surface area contributed by atoms with Crippen LogP contribution in [0.1, 0.15) is 41.6 Å². The van der Waals surface area contributed by atoms with E-state index in [4.69, 9.17) is 9.84 Å². The SMILES string of the molecule is Cc1ccc(S(=O)CCCC2CCCO2)cc1C(=O)O. The maximum absolute atomic E-state index is 12.2. The second-order valence-electron chi connectivity index (χ2n) is 5.11. The Bertz CT molecular complexity index is 507. The molecule has 0 spiro atoms. The molecule has 0 aliphatic carbocycles. The van der Waals surface area contributed by atoms with Crippen LogP contribution in [-0.4, -0.2) is 33.7 Å². The van der Waals surface area contributed by atoms with Crippen molar-refractivity contribution in [1.29, 1.82) is 0 Å². The van der Waals surface area contributed by atoms with E-state index in [1.807, 2.05) is 0 Å². The molecule has 1 N–H and O–H groups in total. The zero-order valence-corrected chi connectivity index (χ0v) is 12.4. The number of carboxylic acids is 1. The lowest BCUT2D eigenvalue weighted by atomic mass is 10.1. The highest BCUT2D eigenvalue weighted by atomic mass is 32.2.